The van der Waals surface area contributed by atoms with Crippen molar-refractivity contribution >= 4 is 0 Å². The minimum absolute atomic E-state index is 0.997. The van der Waals surface area contributed by atoms with Crippen molar-refractivity contribution in [2.75, 3.05) is 0 Å². The maximum atomic E-state index is 3.55. The van der Waals surface area contributed by atoms with Crippen molar-refractivity contribution < 1.29 is 0 Å². The second-order valence-electron chi connectivity index (χ2n) is 1.85. The summed E-state index contributed by atoms with van der Waals surface area (Å²) in [7, 11) is 0. The maximum absolute atomic E-state index is 3.55. The summed E-state index contributed by atoms with van der Waals surface area (Å²) in [5, 5.41) is 0. The van der Waals surface area contributed by atoms with Gasteiger partial charge in [0.2, 0.25) is 0 Å². The Labute approximate surface area is 70.6 Å². The standard InChI is InChI=1S/C6H10.C5H8/c1-3-5-6-4-2;1-3-5-4-2/h3-4,6H,1,5H2,2H3;3-5H,1H2,2H3. The molecule has 0 unspecified atom stereocenters. The van der Waals surface area contributed by atoms with Gasteiger partial charge in [0.1, 0.15) is 0 Å². The van der Waals surface area contributed by atoms with Gasteiger partial charge in [0, 0.05) is 0 Å². The Bertz CT molecular complexity index is 127. The molecule has 0 nitrogen and oxygen atoms in total. The predicted octanol–water partition coefficient (Wildman–Crippen LogP) is 3.89. The summed E-state index contributed by atoms with van der Waals surface area (Å²) in [6, 6.07) is 0. The fraction of sp³-hybridized carbons (Fsp3) is 0.273. The van der Waals surface area contributed by atoms with Gasteiger partial charge in [-0.3, -0.25) is 0 Å². The fourth-order valence-electron chi connectivity index (χ4n) is 0.368. The smallest absolute Gasteiger partial charge is 0.0172 e. The van der Waals surface area contributed by atoms with Gasteiger partial charge in [0.25, 0.3) is 0 Å². The highest BCUT2D eigenvalue weighted by atomic mass is 13.6. The third kappa shape index (κ3) is 27.7. The van der Waals surface area contributed by atoms with E-state index in [0.29, 0.717) is 0 Å². The van der Waals surface area contributed by atoms with Gasteiger partial charge in [-0.05, 0) is 20.3 Å². The summed E-state index contributed by atoms with van der Waals surface area (Å²) in [4.78, 5) is 0. The van der Waals surface area contributed by atoms with Crippen LogP contribution in [0.5, 0.6) is 0 Å². The van der Waals surface area contributed by atoms with Crippen LogP contribution < -0.4 is 0 Å². The Morgan fingerprint density at radius 3 is 1.82 bits per heavy atom. The molecule has 0 amide bonds. The van der Waals surface area contributed by atoms with Gasteiger partial charge >= 0.3 is 0 Å². The first kappa shape index (κ1) is 12.6. The molecule has 0 aliphatic rings. The molecule has 0 aromatic carbocycles. The van der Waals surface area contributed by atoms with Crippen LogP contribution in [0.2, 0.25) is 0 Å². The van der Waals surface area contributed by atoms with E-state index in [2.05, 4.69) is 19.2 Å². The molecule has 0 radical (unpaired) electrons. The Balaban J connectivity index is 0. The summed E-state index contributed by atoms with van der Waals surface area (Å²) >= 11 is 0. The third-order valence-corrected chi connectivity index (χ3v) is 0.867. The van der Waals surface area contributed by atoms with Crippen molar-refractivity contribution in [3.8, 4) is 0 Å². The molecule has 0 aromatic heterocycles. The van der Waals surface area contributed by atoms with Crippen molar-refractivity contribution in [1.29, 1.82) is 0 Å². The third-order valence-electron chi connectivity index (χ3n) is 0.867. The minimum atomic E-state index is 0.997. The molecule has 0 spiro atoms. The highest BCUT2D eigenvalue weighted by Crippen LogP contribution is 1.78. The molecule has 0 saturated heterocycles. The van der Waals surface area contributed by atoms with Crippen LogP contribution in [0.4, 0.5) is 0 Å². The summed E-state index contributed by atoms with van der Waals surface area (Å²) in [5.41, 5.74) is 0. The molecular weight excluding hydrogens is 132 g/mol. The normalized spacial score (nSPS) is 9.27. The van der Waals surface area contributed by atoms with E-state index in [1.165, 1.54) is 0 Å². The Morgan fingerprint density at radius 2 is 1.73 bits per heavy atom. The fourth-order valence-corrected chi connectivity index (χ4v) is 0.368. The van der Waals surface area contributed by atoms with E-state index in [4.69, 9.17) is 0 Å². The van der Waals surface area contributed by atoms with Gasteiger partial charge in [-0.2, -0.15) is 0 Å². The van der Waals surface area contributed by atoms with Crippen molar-refractivity contribution in [2.24, 2.45) is 0 Å². The Kier molecular flexibility index (Phi) is 18.3. The number of rotatable bonds is 3. The van der Waals surface area contributed by atoms with Gasteiger partial charge in [0.15, 0.2) is 0 Å². The molecule has 62 valence electrons. The van der Waals surface area contributed by atoms with Crippen LogP contribution >= 0.6 is 0 Å². The first-order chi connectivity index (χ1) is 5.33. The second kappa shape index (κ2) is 16.0. The summed E-state index contributed by atoms with van der Waals surface area (Å²) in [5.74, 6) is 0. The first-order valence-electron chi connectivity index (χ1n) is 3.79. The van der Waals surface area contributed by atoms with Gasteiger partial charge in [0.05, 0.1) is 0 Å². The molecule has 0 atom stereocenters. The van der Waals surface area contributed by atoms with Gasteiger partial charge in [-0.15, -0.1) is 6.58 Å². The average molecular weight is 150 g/mol. The quantitative estimate of drug-likeness (QED) is 0.423. The van der Waals surface area contributed by atoms with Crippen molar-refractivity contribution in [1.82, 2.24) is 0 Å². The molecule has 0 aliphatic heterocycles. The lowest BCUT2D eigenvalue weighted by Gasteiger charge is -1.69. The van der Waals surface area contributed by atoms with Crippen LogP contribution in [0.15, 0.2) is 49.6 Å². The Hall–Kier alpha value is -1.04. The molecule has 0 saturated carbocycles. The molecule has 0 rings (SSSR count). The molecule has 0 fully saturated rings. The van der Waals surface area contributed by atoms with Crippen LogP contribution in [0.3, 0.4) is 0 Å². The van der Waals surface area contributed by atoms with E-state index in [9.17, 15) is 0 Å². The summed E-state index contributed by atoms with van der Waals surface area (Å²) in [6.45, 7) is 11.0. The largest absolute Gasteiger partial charge is 0.103 e. The zero-order valence-corrected chi connectivity index (χ0v) is 7.59. The zero-order valence-electron chi connectivity index (χ0n) is 7.59. The number of hydrogen-bond acceptors (Lipinski definition) is 0. The predicted molar refractivity (Wildman–Crippen MR) is 54.6 cm³/mol. The molecule has 0 aromatic rings. The SMILES string of the molecule is C=CC=CC.C=CCC=CC. The second-order valence-corrected chi connectivity index (χ2v) is 1.85. The van der Waals surface area contributed by atoms with E-state index < -0.39 is 0 Å². The van der Waals surface area contributed by atoms with E-state index >= 15 is 0 Å². The molecule has 11 heavy (non-hydrogen) atoms. The summed E-state index contributed by atoms with van der Waals surface area (Å²) < 4.78 is 0. The van der Waals surface area contributed by atoms with E-state index in [1.54, 1.807) is 6.08 Å². The summed E-state index contributed by atoms with van der Waals surface area (Å²) in [6.07, 6.45) is 12.5. The number of hydrogen-bond donors (Lipinski definition) is 0. The maximum Gasteiger partial charge on any atom is -0.0172 e. The number of allylic oxidation sites excluding steroid dienone is 6. The van der Waals surface area contributed by atoms with Crippen molar-refractivity contribution in [2.45, 2.75) is 20.3 Å². The van der Waals surface area contributed by atoms with Gasteiger partial charge in [-0.25, -0.2) is 0 Å². The highest BCUT2D eigenvalue weighted by Gasteiger charge is 1.57. The van der Waals surface area contributed by atoms with Gasteiger partial charge < -0.3 is 0 Å². The molecular formula is C11H18. The van der Waals surface area contributed by atoms with E-state index in [1.807, 2.05) is 38.2 Å². The average Bonchev–Trinajstić information content (AvgIpc) is 2.04. The Morgan fingerprint density at radius 1 is 1.09 bits per heavy atom. The molecule has 0 bridgehead atoms. The monoisotopic (exact) mass is 150 g/mol. The van der Waals surface area contributed by atoms with Gasteiger partial charge in [-0.1, -0.05) is 43.0 Å². The van der Waals surface area contributed by atoms with Crippen LogP contribution in [-0.4, -0.2) is 0 Å². The van der Waals surface area contributed by atoms with Crippen LogP contribution in [0.25, 0.3) is 0 Å². The molecule has 0 heterocycles. The lowest BCUT2D eigenvalue weighted by molar-refractivity contribution is 1.39. The lowest BCUT2D eigenvalue weighted by Crippen LogP contribution is -1.48. The van der Waals surface area contributed by atoms with Crippen LogP contribution in [-0.2, 0) is 0 Å². The lowest BCUT2D eigenvalue weighted by atomic mass is 10.4. The first-order valence-corrected chi connectivity index (χ1v) is 3.79. The van der Waals surface area contributed by atoms with E-state index in [0.717, 1.165) is 6.42 Å². The molecule has 0 heteroatoms. The van der Waals surface area contributed by atoms with E-state index in [-0.39, 0.29) is 0 Å². The van der Waals surface area contributed by atoms with Crippen molar-refractivity contribution in [3.63, 3.8) is 0 Å². The topological polar surface area (TPSA) is 0 Å². The molecule has 0 aliphatic carbocycles. The van der Waals surface area contributed by atoms with Crippen LogP contribution in [0.1, 0.15) is 20.3 Å². The minimum Gasteiger partial charge on any atom is -0.103 e. The van der Waals surface area contributed by atoms with Crippen LogP contribution in [0, 0.1) is 0 Å². The highest BCUT2D eigenvalue weighted by molar-refractivity contribution is 4.94. The zero-order chi connectivity index (χ0) is 8.95. The van der Waals surface area contributed by atoms with Crippen molar-refractivity contribution in [3.05, 3.63) is 49.6 Å². The molecule has 0 N–H and O–H groups in total.